The van der Waals surface area contributed by atoms with Crippen molar-refractivity contribution in [2.75, 3.05) is 5.32 Å². The van der Waals surface area contributed by atoms with Gasteiger partial charge in [0.25, 0.3) is 0 Å². The van der Waals surface area contributed by atoms with E-state index in [-0.39, 0.29) is 5.78 Å². The highest BCUT2D eigenvalue weighted by Crippen LogP contribution is 2.27. The normalized spacial score (nSPS) is 10.5. The van der Waals surface area contributed by atoms with Crippen LogP contribution in [0.15, 0.2) is 60.9 Å². The number of carbonyl (C=O) groups excluding carboxylic acids is 1. The summed E-state index contributed by atoms with van der Waals surface area (Å²) in [5.74, 6) is 0.0558. The molecule has 3 aromatic rings. The molecule has 0 aliphatic carbocycles. The van der Waals surface area contributed by atoms with Crippen LogP contribution in [0.3, 0.4) is 0 Å². The number of ketones is 1. The Kier molecular flexibility index (Phi) is 4.43. The average Bonchev–Trinajstić information content (AvgIpc) is 2.61. The number of hydrogen-bond acceptors (Lipinski definition) is 3. The van der Waals surface area contributed by atoms with Crippen molar-refractivity contribution >= 4 is 17.2 Å². The van der Waals surface area contributed by atoms with Gasteiger partial charge in [-0.3, -0.25) is 9.78 Å². The minimum Gasteiger partial charge on any atom is -0.354 e. The Hall–Kier alpha value is -2.94. The average molecular weight is 316 g/mol. The lowest BCUT2D eigenvalue weighted by molar-refractivity contribution is 0.103. The number of hydrogen-bond donors (Lipinski definition) is 1. The van der Waals surface area contributed by atoms with Gasteiger partial charge in [-0.25, -0.2) is 0 Å². The van der Waals surface area contributed by atoms with E-state index in [0.717, 1.165) is 33.6 Å². The molecule has 3 nitrogen and oxygen atoms in total. The number of carbonyl (C=O) groups is 1. The lowest BCUT2D eigenvalue weighted by atomic mass is 9.95. The second-order valence-electron chi connectivity index (χ2n) is 5.92. The molecule has 0 fully saturated rings. The predicted octanol–water partition coefficient (Wildman–Crippen LogP) is 4.98. The second-order valence-corrected chi connectivity index (χ2v) is 5.92. The zero-order valence-electron chi connectivity index (χ0n) is 14.1. The quantitative estimate of drug-likeness (QED) is 0.690. The number of nitrogens with zero attached hydrogens (tertiary/aromatic N) is 1. The van der Waals surface area contributed by atoms with Gasteiger partial charge in [-0.05, 0) is 55.7 Å². The Bertz CT molecular complexity index is 886. The van der Waals surface area contributed by atoms with Crippen LogP contribution < -0.4 is 5.32 Å². The van der Waals surface area contributed by atoms with Crippen LogP contribution in [-0.2, 0) is 0 Å². The molecule has 3 rings (SSSR count). The lowest BCUT2D eigenvalue weighted by Crippen LogP contribution is -2.06. The van der Waals surface area contributed by atoms with Crippen molar-refractivity contribution in [2.45, 2.75) is 20.8 Å². The summed E-state index contributed by atoms with van der Waals surface area (Å²) in [6.45, 7) is 6.07. The molecule has 0 aliphatic rings. The molecule has 0 spiro atoms. The molecule has 1 N–H and O–H groups in total. The second kappa shape index (κ2) is 6.67. The molecule has 24 heavy (non-hydrogen) atoms. The third kappa shape index (κ3) is 3.06. The van der Waals surface area contributed by atoms with Gasteiger partial charge in [0.05, 0.1) is 11.9 Å². The van der Waals surface area contributed by atoms with Crippen molar-refractivity contribution in [3.05, 3.63) is 88.7 Å². The van der Waals surface area contributed by atoms with Gasteiger partial charge < -0.3 is 5.32 Å². The van der Waals surface area contributed by atoms with Crippen LogP contribution in [0.25, 0.3) is 0 Å². The summed E-state index contributed by atoms with van der Waals surface area (Å²) < 4.78 is 0. The molecule has 3 heteroatoms. The minimum absolute atomic E-state index is 0.0558. The molecule has 0 radical (unpaired) electrons. The summed E-state index contributed by atoms with van der Waals surface area (Å²) in [6, 6.07) is 15.2. The Morgan fingerprint density at radius 3 is 2.33 bits per heavy atom. The molecule has 0 atom stereocenters. The predicted molar refractivity (Wildman–Crippen MR) is 98.0 cm³/mol. The van der Waals surface area contributed by atoms with Gasteiger partial charge in [-0.1, -0.05) is 30.3 Å². The fourth-order valence-corrected chi connectivity index (χ4v) is 2.69. The summed E-state index contributed by atoms with van der Waals surface area (Å²) in [5.41, 5.74) is 6.62. The molecular formula is C21H20N2O. The van der Waals surface area contributed by atoms with Crippen LogP contribution >= 0.6 is 0 Å². The number of benzene rings is 2. The van der Waals surface area contributed by atoms with Crippen molar-refractivity contribution in [3.8, 4) is 0 Å². The first-order valence-corrected chi connectivity index (χ1v) is 7.95. The fourth-order valence-electron chi connectivity index (χ4n) is 2.69. The Balaban J connectivity index is 1.95. The van der Waals surface area contributed by atoms with E-state index in [9.17, 15) is 4.79 Å². The van der Waals surface area contributed by atoms with Crippen LogP contribution in [0.5, 0.6) is 0 Å². The number of pyridine rings is 1. The first kappa shape index (κ1) is 15.9. The Morgan fingerprint density at radius 1 is 0.875 bits per heavy atom. The minimum atomic E-state index is 0.0558. The van der Waals surface area contributed by atoms with E-state index in [1.54, 1.807) is 6.20 Å². The van der Waals surface area contributed by atoms with Gasteiger partial charge in [-0.2, -0.15) is 0 Å². The summed E-state index contributed by atoms with van der Waals surface area (Å²) in [5, 5.41) is 3.41. The van der Waals surface area contributed by atoms with Crippen molar-refractivity contribution in [1.82, 2.24) is 4.98 Å². The highest BCUT2D eigenvalue weighted by molar-refractivity contribution is 6.10. The van der Waals surface area contributed by atoms with E-state index >= 15 is 0 Å². The molecule has 0 amide bonds. The van der Waals surface area contributed by atoms with E-state index in [0.29, 0.717) is 5.56 Å². The number of rotatable bonds is 4. The topological polar surface area (TPSA) is 42.0 Å². The molecule has 0 saturated carbocycles. The highest BCUT2D eigenvalue weighted by Gasteiger charge is 2.15. The summed E-state index contributed by atoms with van der Waals surface area (Å²) in [4.78, 5) is 16.9. The van der Waals surface area contributed by atoms with Gasteiger partial charge in [0.15, 0.2) is 5.78 Å². The van der Waals surface area contributed by atoms with Crippen LogP contribution in [0.4, 0.5) is 11.4 Å². The zero-order valence-corrected chi connectivity index (χ0v) is 14.1. The van der Waals surface area contributed by atoms with Gasteiger partial charge in [-0.15, -0.1) is 0 Å². The van der Waals surface area contributed by atoms with Crippen molar-refractivity contribution in [3.63, 3.8) is 0 Å². The summed E-state index contributed by atoms with van der Waals surface area (Å²) in [6.07, 6.45) is 3.59. The number of aromatic nitrogens is 1. The summed E-state index contributed by atoms with van der Waals surface area (Å²) in [7, 11) is 0. The maximum Gasteiger partial charge on any atom is 0.193 e. The molecule has 1 aromatic heterocycles. The number of nitrogens with one attached hydrogen (secondary N) is 1. The molecule has 0 saturated heterocycles. The van der Waals surface area contributed by atoms with Crippen LogP contribution in [0.1, 0.15) is 32.6 Å². The van der Waals surface area contributed by atoms with Crippen LogP contribution in [0.2, 0.25) is 0 Å². The van der Waals surface area contributed by atoms with Gasteiger partial charge >= 0.3 is 0 Å². The molecule has 120 valence electrons. The van der Waals surface area contributed by atoms with Crippen LogP contribution in [0, 0.1) is 20.8 Å². The fraction of sp³-hybridized carbons (Fsp3) is 0.143. The number of aryl methyl sites for hydroxylation is 1. The maximum absolute atomic E-state index is 12.7. The Morgan fingerprint density at radius 2 is 1.62 bits per heavy atom. The van der Waals surface area contributed by atoms with Crippen molar-refractivity contribution in [1.29, 1.82) is 0 Å². The SMILES string of the molecule is Cc1ccncc1Nc1ccc(C(=O)c2ccccc2)c(C)c1C. The maximum atomic E-state index is 12.7. The smallest absolute Gasteiger partial charge is 0.193 e. The third-order valence-electron chi connectivity index (χ3n) is 4.38. The molecular weight excluding hydrogens is 296 g/mol. The lowest BCUT2D eigenvalue weighted by Gasteiger charge is -2.15. The highest BCUT2D eigenvalue weighted by atomic mass is 16.1. The largest absolute Gasteiger partial charge is 0.354 e. The molecule has 1 heterocycles. The van der Waals surface area contributed by atoms with E-state index in [1.165, 1.54) is 0 Å². The van der Waals surface area contributed by atoms with Crippen molar-refractivity contribution < 1.29 is 4.79 Å². The van der Waals surface area contributed by atoms with E-state index in [1.807, 2.05) is 75.5 Å². The zero-order chi connectivity index (χ0) is 17.1. The van der Waals surface area contributed by atoms with E-state index in [2.05, 4.69) is 10.3 Å². The molecule has 0 aliphatic heterocycles. The number of anilines is 2. The molecule has 2 aromatic carbocycles. The third-order valence-corrected chi connectivity index (χ3v) is 4.38. The van der Waals surface area contributed by atoms with Gasteiger partial charge in [0, 0.05) is 23.0 Å². The first-order valence-electron chi connectivity index (χ1n) is 7.95. The monoisotopic (exact) mass is 316 g/mol. The summed E-state index contributed by atoms with van der Waals surface area (Å²) >= 11 is 0. The van der Waals surface area contributed by atoms with Gasteiger partial charge in [0.2, 0.25) is 0 Å². The van der Waals surface area contributed by atoms with Crippen LogP contribution in [-0.4, -0.2) is 10.8 Å². The standard InChI is InChI=1S/C21H20N2O/c1-14-11-12-22-13-20(14)23-19-10-9-18(15(2)16(19)3)21(24)17-7-5-4-6-8-17/h4-13,23H,1-3H3. The first-order chi connectivity index (χ1) is 11.6. The van der Waals surface area contributed by atoms with Gasteiger partial charge in [0.1, 0.15) is 0 Å². The molecule has 0 unspecified atom stereocenters. The van der Waals surface area contributed by atoms with E-state index in [4.69, 9.17) is 0 Å². The Labute approximate surface area is 142 Å². The van der Waals surface area contributed by atoms with E-state index < -0.39 is 0 Å². The van der Waals surface area contributed by atoms with Crippen molar-refractivity contribution in [2.24, 2.45) is 0 Å². The molecule has 0 bridgehead atoms.